The maximum atomic E-state index is 14.5. The van der Waals surface area contributed by atoms with Gasteiger partial charge >= 0.3 is 0 Å². The van der Waals surface area contributed by atoms with Gasteiger partial charge in [0.15, 0.2) is 0 Å². The fourth-order valence-corrected chi connectivity index (χ4v) is 4.14. The molecule has 0 spiro atoms. The lowest BCUT2D eigenvalue weighted by Gasteiger charge is -2.27. The Kier molecular flexibility index (Phi) is 8.07. The van der Waals surface area contributed by atoms with Crippen LogP contribution in [0.25, 0.3) is 0 Å². The minimum Gasteiger partial charge on any atom is -0.497 e. The number of carbonyl (C=O) groups is 2. The molecule has 1 aliphatic heterocycles. The van der Waals surface area contributed by atoms with Crippen molar-refractivity contribution >= 4 is 17.5 Å². The molecule has 2 amide bonds. The Labute approximate surface area is 209 Å². The van der Waals surface area contributed by atoms with Crippen LogP contribution in [0, 0.1) is 5.82 Å². The molecule has 8 heteroatoms. The molecule has 0 aliphatic carbocycles. The van der Waals surface area contributed by atoms with Crippen LogP contribution in [-0.4, -0.2) is 61.4 Å². The quantitative estimate of drug-likeness (QED) is 0.449. The first-order valence-electron chi connectivity index (χ1n) is 11.6. The van der Waals surface area contributed by atoms with Crippen LogP contribution in [0.5, 0.6) is 5.75 Å². The highest BCUT2D eigenvalue weighted by Crippen LogP contribution is 2.33. The lowest BCUT2D eigenvalue weighted by Crippen LogP contribution is -2.42. The van der Waals surface area contributed by atoms with Crippen molar-refractivity contribution < 1.29 is 23.5 Å². The van der Waals surface area contributed by atoms with Gasteiger partial charge in [0.05, 0.1) is 25.5 Å². The molecule has 0 unspecified atom stereocenters. The summed E-state index contributed by atoms with van der Waals surface area (Å²) in [6, 6.07) is 22.2. The van der Waals surface area contributed by atoms with Crippen LogP contribution >= 0.6 is 0 Å². The number of benzene rings is 3. The van der Waals surface area contributed by atoms with Crippen molar-refractivity contribution in [3.05, 3.63) is 101 Å². The number of amides is 2. The molecule has 3 aromatic carbocycles. The van der Waals surface area contributed by atoms with Gasteiger partial charge in [-0.1, -0.05) is 48.5 Å². The molecule has 4 rings (SSSR count). The van der Waals surface area contributed by atoms with E-state index in [0.717, 1.165) is 5.56 Å². The Bertz CT molecular complexity index is 1230. The molecule has 0 saturated heterocycles. The summed E-state index contributed by atoms with van der Waals surface area (Å²) in [6.45, 7) is 0.285. The van der Waals surface area contributed by atoms with Crippen molar-refractivity contribution in [3.8, 4) is 5.75 Å². The molecule has 0 N–H and O–H groups in total. The highest BCUT2D eigenvalue weighted by Gasteiger charge is 2.35. The molecule has 1 heterocycles. The number of nitrogens with zero attached hydrogens (tertiary/aromatic N) is 3. The van der Waals surface area contributed by atoms with Gasteiger partial charge in [0.25, 0.3) is 11.8 Å². The lowest BCUT2D eigenvalue weighted by atomic mass is 9.98. The van der Waals surface area contributed by atoms with Crippen molar-refractivity contribution in [1.29, 1.82) is 0 Å². The van der Waals surface area contributed by atoms with Crippen LogP contribution in [0.1, 0.15) is 33.9 Å². The Balaban J connectivity index is 1.61. The van der Waals surface area contributed by atoms with Crippen LogP contribution in [0.3, 0.4) is 0 Å². The summed E-state index contributed by atoms with van der Waals surface area (Å²) in [7, 11) is 3.09. The van der Waals surface area contributed by atoms with E-state index in [1.165, 1.54) is 23.1 Å². The zero-order valence-electron chi connectivity index (χ0n) is 20.3. The van der Waals surface area contributed by atoms with E-state index in [1.807, 2.05) is 30.3 Å². The first-order valence-corrected chi connectivity index (χ1v) is 11.6. The van der Waals surface area contributed by atoms with E-state index in [9.17, 15) is 14.0 Å². The number of halogens is 1. The third-order valence-corrected chi connectivity index (χ3v) is 6.05. The van der Waals surface area contributed by atoms with E-state index < -0.39 is 11.9 Å². The zero-order valence-corrected chi connectivity index (χ0v) is 20.3. The highest BCUT2D eigenvalue weighted by atomic mass is 19.1. The van der Waals surface area contributed by atoms with Crippen molar-refractivity contribution in [2.45, 2.75) is 12.5 Å². The maximum Gasteiger partial charge on any atom is 0.262 e. The minimum absolute atomic E-state index is 0.203. The summed E-state index contributed by atoms with van der Waals surface area (Å²) in [6.07, 6.45) is 0.362. The Morgan fingerprint density at radius 1 is 1.00 bits per heavy atom. The smallest absolute Gasteiger partial charge is 0.262 e. The number of hydrogen-bond acceptors (Lipinski definition) is 5. The molecular formula is C28H28FN3O4. The highest BCUT2D eigenvalue weighted by molar-refractivity contribution is 6.04. The molecule has 36 heavy (non-hydrogen) atoms. The van der Waals surface area contributed by atoms with Gasteiger partial charge in [-0.2, -0.15) is 5.10 Å². The van der Waals surface area contributed by atoms with Crippen molar-refractivity contribution in [2.75, 3.05) is 33.9 Å². The number of hydrogen-bond donors (Lipinski definition) is 0. The van der Waals surface area contributed by atoms with Crippen molar-refractivity contribution in [1.82, 2.24) is 9.91 Å². The van der Waals surface area contributed by atoms with Gasteiger partial charge < -0.3 is 14.4 Å². The van der Waals surface area contributed by atoms with Gasteiger partial charge in [0, 0.05) is 31.2 Å². The number of rotatable bonds is 9. The van der Waals surface area contributed by atoms with E-state index in [1.54, 1.807) is 49.6 Å². The Morgan fingerprint density at radius 2 is 1.69 bits per heavy atom. The predicted molar refractivity (Wildman–Crippen MR) is 134 cm³/mol. The number of carbonyl (C=O) groups excluding carboxylic acids is 2. The molecule has 1 atom stereocenters. The second-order valence-corrected chi connectivity index (χ2v) is 8.34. The molecule has 0 fully saturated rings. The van der Waals surface area contributed by atoms with Crippen LogP contribution in [0.4, 0.5) is 4.39 Å². The van der Waals surface area contributed by atoms with Gasteiger partial charge in [-0.3, -0.25) is 9.59 Å². The number of ether oxygens (including phenoxy) is 2. The zero-order chi connectivity index (χ0) is 25.5. The normalized spacial score (nSPS) is 14.9. The van der Waals surface area contributed by atoms with Gasteiger partial charge in [-0.25, -0.2) is 9.40 Å². The fourth-order valence-electron chi connectivity index (χ4n) is 4.14. The van der Waals surface area contributed by atoms with Crippen LogP contribution in [0.2, 0.25) is 0 Å². The second-order valence-electron chi connectivity index (χ2n) is 8.34. The first kappa shape index (κ1) is 25.1. The SMILES string of the molecule is COCCN(CC(=O)N1N=C(c2ccccc2F)C[C@H]1c1ccccc1)C(=O)c1ccc(OC)cc1. The van der Waals surface area contributed by atoms with Crippen molar-refractivity contribution in [3.63, 3.8) is 0 Å². The molecule has 0 saturated carbocycles. The third kappa shape index (κ3) is 5.60. The van der Waals surface area contributed by atoms with E-state index in [2.05, 4.69) is 5.10 Å². The molecule has 0 bridgehead atoms. The molecule has 3 aromatic rings. The Hall–Kier alpha value is -4.04. The maximum absolute atomic E-state index is 14.5. The molecular weight excluding hydrogens is 461 g/mol. The average molecular weight is 490 g/mol. The standard InChI is InChI=1S/C28H28FN3O4/c1-35-17-16-31(28(34)21-12-14-22(36-2)15-13-21)19-27(33)32-26(20-8-4-3-5-9-20)18-25(30-32)23-10-6-7-11-24(23)29/h3-15,26H,16-19H2,1-2H3/t26-/m0/s1. The van der Waals surface area contributed by atoms with E-state index >= 15 is 0 Å². The van der Waals surface area contributed by atoms with E-state index in [-0.39, 0.29) is 31.5 Å². The summed E-state index contributed by atoms with van der Waals surface area (Å²) < 4.78 is 24.9. The summed E-state index contributed by atoms with van der Waals surface area (Å²) in [4.78, 5) is 28.3. The van der Waals surface area contributed by atoms with Gasteiger partial charge in [-0.15, -0.1) is 0 Å². The largest absolute Gasteiger partial charge is 0.497 e. The molecule has 7 nitrogen and oxygen atoms in total. The lowest BCUT2D eigenvalue weighted by molar-refractivity contribution is -0.133. The fraction of sp³-hybridized carbons (Fsp3) is 0.250. The van der Waals surface area contributed by atoms with Crippen LogP contribution in [0.15, 0.2) is 84.0 Å². The second kappa shape index (κ2) is 11.6. The molecule has 1 aliphatic rings. The Morgan fingerprint density at radius 3 is 2.36 bits per heavy atom. The van der Waals surface area contributed by atoms with Crippen LogP contribution < -0.4 is 4.74 Å². The van der Waals surface area contributed by atoms with Crippen molar-refractivity contribution in [2.24, 2.45) is 5.10 Å². The third-order valence-electron chi connectivity index (χ3n) is 6.05. The summed E-state index contributed by atoms with van der Waals surface area (Å²) in [5.74, 6) is -0.442. The number of methoxy groups -OCH3 is 2. The topological polar surface area (TPSA) is 71.4 Å². The summed E-state index contributed by atoms with van der Waals surface area (Å²) >= 11 is 0. The predicted octanol–water partition coefficient (Wildman–Crippen LogP) is 4.30. The monoisotopic (exact) mass is 489 g/mol. The average Bonchev–Trinajstić information content (AvgIpc) is 3.37. The molecule has 186 valence electrons. The van der Waals surface area contributed by atoms with E-state index in [0.29, 0.717) is 29.0 Å². The summed E-state index contributed by atoms with van der Waals surface area (Å²) in [5, 5.41) is 5.91. The van der Waals surface area contributed by atoms with Crippen LogP contribution in [-0.2, 0) is 9.53 Å². The minimum atomic E-state index is -0.409. The van der Waals surface area contributed by atoms with Gasteiger partial charge in [0.2, 0.25) is 0 Å². The molecule has 0 radical (unpaired) electrons. The number of hydrazone groups is 1. The molecule has 0 aromatic heterocycles. The summed E-state index contributed by atoms with van der Waals surface area (Å²) in [5.41, 5.74) is 2.15. The van der Waals surface area contributed by atoms with Gasteiger partial charge in [-0.05, 0) is 35.9 Å². The van der Waals surface area contributed by atoms with Gasteiger partial charge in [0.1, 0.15) is 18.1 Å². The van der Waals surface area contributed by atoms with E-state index in [4.69, 9.17) is 9.47 Å². The first-order chi connectivity index (χ1) is 17.5.